The highest BCUT2D eigenvalue weighted by molar-refractivity contribution is 5.75. The first kappa shape index (κ1) is 15.8. The van der Waals surface area contributed by atoms with Crippen molar-refractivity contribution in [1.82, 2.24) is 4.90 Å². The van der Waals surface area contributed by atoms with E-state index in [2.05, 4.69) is 11.9 Å². The second kappa shape index (κ2) is 7.41. The van der Waals surface area contributed by atoms with Crippen LogP contribution in [0.3, 0.4) is 0 Å². The van der Waals surface area contributed by atoms with E-state index in [-0.39, 0.29) is 0 Å². The molecule has 1 saturated heterocycles. The molecule has 0 amide bonds. The second-order valence-corrected chi connectivity index (χ2v) is 6.75. The van der Waals surface area contributed by atoms with E-state index in [1.54, 1.807) is 0 Å². The Labute approximate surface area is 122 Å². The maximum atomic E-state index is 11.8. The van der Waals surface area contributed by atoms with Crippen LogP contribution in [0.1, 0.15) is 51.4 Å². The van der Waals surface area contributed by atoms with Crippen molar-refractivity contribution in [3.63, 3.8) is 0 Å². The SMILES string of the molecule is CN(CC1CCOCC1)CC1(C(=O)O)CCCCCC1. The normalized spacial score (nSPS) is 24.5. The van der Waals surface area contributed by atoms with E-state index in [9.17, 15) is 9.90 Å². The molecule has 1 aliphatic carbocycles. The van der Waals surface area contributed by atoms with Gasteiger partial charge in [-0.25, -0.2) is 0 Å². The quantitative estimate of drug-likeness (QED) is 0.788. The van der Waals surface area contributed by atoms with Gasteiger partial charge < -0.3 is 14.7 Å². The Morgan fingerprint density at radius 3 is 2.35 bits per heavy atom. The zero-order valence-corrected chi connectivity index (χ0v) is 12.8. The highest BCUT2D eigenvalue weighted by Gasteiger charge is 2.39. The van der Waals surface area contributed by atoms with Gasteiger partial charge in [-0.15, -0.1) is 0 Å². The largest absolute Gasteiger partial charge is 0.481 e. The predicted octanol–water partition coefficient (Wildman–Crippen LogP) is 2.77. The molecule has 20 heavy (non-hydrogen) atoms. The molecular formula is C16H29NO3. The molecule has 116 valence electrons. The van der Waals surface area contributed by atoms with E-state index in [1.807, 2.05) is 0 Å². The molecule has 1 saturated carbocycles. The van der Waals surface area contributed by atoms with Crippen molar-refractivity contribution in [3.8, 4) is 0 Å². The zero-order valence-electron chi connectivity index (χ0n) is 12.8. The van der Waals surface area contributed by atoms with Crippen LogP contribution in [0.25, 0.3) is 0 Å². The Morgan fingerprint density at radius 1 is 1.20 bits per heavy atom. The molecule has 4 heteroatoms. The molecular weight excluding hydrogens is 254 g/mol. The lowest BCUT2D eigenvalue weighted by Gasteiger charge is -2.35. The number of ether oxygens (including phenoxy) is 1. The van der Waals surface area contributed by atoms with Crippen molar-refractivity contribution < 1.29 is 14.6 Å². The maximum Gasteiger partial charge on any atom is 0.310 e. The summed E-state index contributed by atoms with van der Waals surface area (Å²) in [4.78, 5) is 14.1. The van der Waals surface area contributed by atoms with E-state index < -0.39 is 11.4 Å². The maximum absolute atomic E-state index is 11.8. The summed E-state index contributed by atoms with van der Waals surface area (Å²) < 4.78 is 5.39. The van der Waals surface area contributed by atoms with E-state index in [0.717, 1.165) is 58.3 Å². The molecule has 1 N–H and O–H groups in total. The first-order chi connectivity index (χ1) is 9.62. The van der Waals surface area contributed by atoms with Gasteiger partial charge in [-0.05, 0) is 38.6 Å². The molecule has 0 aromatic carbocycles. The standard InChI is InChI=1S/C16H29NO3/c1-17(12-14-6-10-20-11-7-14)13-16(15(18)19)8-4-2-3-5-9-16/h14H,2-13H2,1H3,(H,18,19). The third-order valence-corrected chi connectivity index (χ3v) is 5.00. The summed E-state index contributed by atoms with van der Waals surface area (Å²) in [5.74, 6) is 0.0867. The molecule has 1 aliphatic heterocycles. The second-order valence-electron chi connectivity index (χ2n) is 6.75. The fourth-order valence-electron chi connectivity index (χ4n) is 3.80. The van der Waals surface area contributed by atoms with Crippen molar-refractivity contribution in [3.05, 3.63) is 0 Å². The molecule has 2 fully saturated rings. The van der Waals surface area contributed by atoms with Crippen LogP contribution in [-0.2, 0) is 9.53 Å². The fourth-order valence-corrected chi connectivity index (χ4v) is 3.80. The van der Waals surface area contributed by atoms with Gasteiger partial charge in [0.2, 0.25) is 0 Å². The van der Waals surface area contributed by atoms with Crippen LogP contribution in [0.15, 0.2) is 0 Å². The van der Waals surface area contributed by atoms with E-state index >= 15 is 0 Å². The molecule has 0 aromatic rings. The van der Waals surface area contributed by atoms with Crippen LogP contribution in [0.2, 0.25) is 0 Å². The summed E-state index contributed by atoms with van der Waals surface area (Å²) in [6.07, 6.45) is 8.45. The topological polar surface area (TPSA) is 49.8 Å². The number of carboxylic acids is 1. The highest BCUT2D eigenvalue weighted by atomic mass is 16.5. The first-order valence-electron chi connectivity index (χ1n) is 8.12. The number of hydrogen-bond acceptors (Lipinski definition) is 3. The number of carbonyl (C=O) groups is 1. The monoisotopic (exact) mass is 283 g/mol. The smallest absolute Gasteiger partial charge is 0.310 e. The Morgan fingerprint density at radius 2 is 1.80 bits per heavy atom. The molecule has 0 bridgehead atoms. The Hall–Kier alpha value is -0.610. The number of hydrogen-bond donors (Lipinski definition) is 1. The van der Waals surface area contributed by atoms with Crippen molar-refractivity contribution in [2.45, 2.75) is 51.4 Å². The van der Waals surface area contributed by atoms with Gasteiger partial charge in [0.05, 0.1) is 5.41 Å². The summed E-state index contributed by atoms with van der Waals surface area (Å²) in [5.41, 5.74) is -0.504. The van der Waals surface area contributed by atoms with Gasteiger partial charge in [-0.2, -0.15) is 0 Å². The van der Waals surface area contributed by atoms with Crippen LogP contribution < -0.4 is 0 Å². The molecule has 2 rings (SSSR count). The van der Waals surface area contributed by atoms with E-state index in [1.165, 1.54) is 12.8 Å². The molecule has 1 heterocycles. The summed E-state index contributed by atoms with van der Waals surface area (Å²) in [6, 6.07) is 0. The van der Waals surface area contributed by atoms with Gasteiger partial charge >= 0.3 is 5.97 Å². The van der Waals surface area contributed by atoms with Crippen LogP contribution in [0.4, 0.5) is 0 Å². The summed E-state index contributed by atoms with van der Waals surface area (Å²) in [5, 5.41) is 9.72. The van der Waals surface area contributed by atoms with Crippen molar-refractivity contribution in [2.75, 3.05) is 33.4 Å². The molecule has 4 nitrogen and oxygen atoms in total. The van der Waals surface area contributed by atoms with Gasteiger partial charge in [-0.1, -0.05) is 25.7 Å². The first-order valence-corrected chi connectivity index (χ1v) is 8.12. The van der Waals surface area contributed by atoms with E-state index in [0.29, 0.717) is 12.5 Å². The average Bonchev–Trinajstić information content (AvgIpc) is 2.66. The van der Waals surface area contributed by atoms with Crippen molar-refractivity contribution >= 4 is 5.97 Å². The molecule has 0 radical (unpaired) electrons. The highest BCUT2D eigenvalue weighted by Crippen LogP contribution is 2.36. The number of aliphatic carboxylic acids is 1. The Kier molecular flexibility index (Phi) is 5.85. The summed E-state index contributed by atoms with van der Waals surface area (Å²) in [6.45, 7) is 3.45. The van der Waals surface area contributed by atoms with Crippen LogP contribution >= 0.6 is 0 Å². The van der Waals surface area contributed by atoms with Gasteiger partial charge in [0, 0.05) is 26.3 Å². The lowest BCUT2D eigenvalue weighted by atomic mass is 9.79. The molecule has 0 aromatic heterocycles. The number of rotatable bonds is 5. The van der Waals surface area contributed by atoms with Crippen molar-refractivity contribution in [1.29, 1.82) is 0 Å². The lowest BCUT2D eigenvalue weighted by molar-refractivity contribution is -0.151. The summed E-state index contributed by atoms with van der Waals surface area (Å²) in [7, 11) is 2.09. The van der Waals surface area contributed by atoms with Crippen LogP contribution in [0, 0.1) is 11.3 Å². The molecule has 0 spiro atoms. The van der Waals surface area contributed by atoms with Crippen LogP contribution in [-0.4, -0.2) is 49.3 Å². The molecule has 2 aliphatic rings. The van der Waals surface area contributed by atoms with Gasteiger partial charge in [0.1, 0.15) is 0 Å². The Bertz CT molecular complexity index is 305. The third-order valence-electron chi connectivity index (χ3n) is 5.00. The fraction of sp³-hybridized carbons (Fsp3) is 0.938. The Balaban J connectivity index is 1.90. The zero-order chi connectivity index (χ0) is 14.4. The minimum Gasteiger partial charge on any atom is -0.481 e. The lowest BCUT2D eigenvalue weighted by Crippen LogP contribution is -2.43. The molecule has 0 atom stereocenters. The minimum absolute atomic E-state index is 0.504. The number of nitrogens with zero attached hydrogens (tertiary/aromatic N) is 1. The summed E-state index contributed by atoms with van der Waals surface area (Å²) >= 11 is 0. The van der Waals surface area contributed by atoms with Gasteiger partial charge in [-0.3, -0.25) is 4.79 Å². The predicted molar refractivity (Wildman–Crippen MR) is 78.8 cm³/mol. The van der Waals surface area contributed by atoms with Gasteiger partial charge in [0.15, 0.2) is 0 Å². The van der Waals surface area contributed by atoms with Crippen molar-refractivity contribution in [2.24, 2.45) is 11.3 Å². The average molecular weight is 283 g/mol. The number of carboxylic acid groups (broad SMARTS) is 1. The van der Waals surface area contributed by atoms with Gasteiger partial charge in [0.25, 0.3) is 0 Å². The molecule has 0 unspecified atom stereocenters. The third kappa shape index (κ3) is 4.19. The minimum atomic E-state index is -0.585. The van der Waals surface area contributed by atoms with Crippen LogP contribution in [0.5, 0.6) is 0 Å². The van der Waals surface area contributed by atoms with E-state index in [4.69, 9.17) is 4.74 Å².